The van der Waals surface area contributed by atoms with E-state index in [0.717, 1.165) is 11.3 Å². The van der Waals surface area contributed by atoms with E-state index in [1.165, 1.54) is 0 Å². The van der Waals surface area contributed by atoms with E-state index in [9.17, 15) is 0 Å². The Balaban J connectivity index is 3.03. The zero-order chi connectivity index (χ0) is 11.4. The maximum Gasteiger partial charge on any atom is 0.101 e. The second-order valence-electron chi connectivity index (χ2n) is 3.44. The largest absolute Gasteiger partial charge is 0.394 e. The van der Waals surface area contributed by atoms with Crippen LogP contribution in [-0.2, 0) is 0 Å². The molecule has 0 aromatic heterocycles. The molecular weight excluding hydrogens is 212 g/mol. The zero-order valence-corrected chi connectivity index (χ0v) is 9.47. The highest BCUT2D eigenvalue weighted by Gasteiger charge is 2.09. The molecule has 0 bridgehead atoms. The fourth-order valence-electron chi connectivity index (χ4n) is 1.24. The first-order valence-corrected chi connectivity index (χ1v) is 5.04. The van der Waals surface area contributed by atoms with Gasteiger partial charge in [-0.1, -0.05) is 11.6 Å². The van der Waals surface area contributed by atoms with E-state index in [0.29, 0.717) is 10.6 Å². The van der Waals surface area contributed by atoms with Gasteiger partial charge in [-0.3, -0.25) is 0 Å². The van der Waals surface area contributed by atoms with Crippen LogP contribution in [0.1, 0.15) is 18.1 Å². The van der Waals surface area contributed by atoms with E-state index in [1.54, 1.807) is 12.1 Å². The first-order valence-electron chi connectivity index (χ1n) is 4.66. The molecule has 0 fully saturated rings. The van der Waals surface area contributed by atoms with Crippen LogP contribution in [0.25, 0.3) is 0 Å². The van der Waals surface area contributed by atoms with Gasteiger partial charge < -0.3 is 10.4 Å². The third-order valence-electron chi connectivity index (χ3n) is 2.18. The van der Waals surface area contributed by atoms with Crippen LogP contribution >= 0.6 is 11.6 Å². The van der Waals surface area contributed by atoms with Gasteiger partial charge in [0.25, 0.3) is 0 Å². The van der Waals surface area contributed by atoms with Crippen LogP contribution in [0.2, 0.25) is 5.02 Å². The minimum Gasteiger partial charge on any atom is -0.394 e. The van der Waals surface area contributed by atoms with E-state index >= 15 is 0 Å². The molecule has 0 amide bonds. The molecule has 0 heterocycles. The molecule has 0 aliphatic carbocycles. The molecule has 0 spiro atoms. The van der Waals surface area contributed by atoms with Crippen LogP contribution in [-0.4, -0.2) is 17.8 Å². The van der Waals surface area contributed by atoms with Gasteiger partial charge in [-0.2, -0.15) is 5.26 Å². The number of aliphatic hydroxyl groups is 1. The molecule has 0 aliphatic heterocycles. The van der Waals surface area contributed by atoms with Crippen molar-refractivity contribution in [3.05, 3.63) is 28.3 Å². The highest BCUT2D eigenvalue weighted by molar-refractivity contribution is 6.32. The minimum absolute atomic E-state index is 0.0345. The molecule has 1 aromatic rings. The van der Waals surface area contributed by atoms with Gasteiger partial charge in [0.05, 0.1) is 17.2 Å². The molecule has 4 heteroatoms. The van der Waals surface area contributed by atoms with Crippen molar-refractivity contribution in [2.45, 2.75) is 19.9 Å². The number of halogens is 1. The lowest BCUT2D eigenvalue weighted by molar-refractivity contribution is 0.281. The maximum atomic E-state index is 8.91. The number of aliphatic hydroxyl groups excluding tert-OH is 1. The second-order valence-corrected chi connectivity index (χ2v) is 3.82. The van der Waals surface area contributed by atoms with Crippen LogP contribution in [0.5, 0.6) is 0 Å². The number of nitrogens with one attached hydrogen (secondary N) is 1. The predicted octanol–water partition coefficient (Wildman–Crippen LogP) is 2.31. The molecule has 1 aromatic carbocycles. The van der Waals surface area contributed by atoms with Crippen molar-refractivity contribution in [3.8, 4) is 6.07 Å². The predicted molar refractivity (Wildman–Crippen MR) is 61.1 cm³/mol. The third-order valence-corrected chi connectivity index (χ3v) is 2.67. The van der Waals surface area contributed by atoms with E-state index in [4.69, 9.17) is 22.0 Å². The van der Waals surface area contributed by atoms with E-state index in [1.807, 2.05) is 19.9 Å². The number of benzene rings is 1. The van der Waals surface area contributed by atoms with Crippen molar-refractivity contribution < 1.29 is 5.11 Å². The summed E-state index contributed by atoms with van der Waals surface area (Å²) in [6.45, 7) is 3.76. The lowest BCUT2D eigenvalue weighted by Crippen LogP contribution is -2.19. The minimum atomic E-state index is -0.0345. The smallest absolute Gasteiger partial charge is 0.101 e. The Labute approximate surface area is 94.3 Å². The summed E-state index contributed by atoms with van der Waals surface area (Å²) in [5, 5.41) is 21.2. The molecule has 0 aliphatic rings. The number of anilines is 1. The van der Waals surface area contributed by atoms with Gasteiger partial charge in [-0.05, 0) is 31.5 Å². The molecule has 1 atom stereocenters. The molecule has 3 nitrogen and oxygen atoms in total. The lowest BCUT2D eigenvalue weighted by Gasteiger charge is -2.15. The average Bonchev–Trinajstić information content (AvgIpc) is 2.25. The van der Waals surface area contributed by atoms with Gasteiger partial charge in [0, 0.05) is 11.7 Å². The number of hydrogen-bond acceptors (Lipinski definition) is 3. The zero-order valence-electron chi connectivity index (χ0n) is 8.71. The van der Waals surface area contributed by atoms with Crippen molar-refractivity contribution in [2.75, 3.05) is 11.9 Å². The molecule has 15 heavy (non-hydrogen) atoms. The summed E-state index contributed by atoms with van der Waals surface area (Å²) in [5.74, 6) is 0. The summed E-state index contributed by atoms with van der Waals surface area (Å²) >= 11 is 6.00. The molecule has 80 valence electrons. The Bertz CT molecular complexity index is 398. The molecule has 0 radical (unpaired) electrons. The Morgan fingerprint density at radius 3 is 2.80 bits per heavy atom. The van der Waals surface area contributed by atoms with Crippen molar-refractivity contribution in [3.63, 3.8) is 0 Å². The van der Waals surface area contributed by atoms with Crippen LogP contribution in [0.3, 0.4) is 0 Å². The van der Waals surface area contributed by atoms with Gasteiger partial charge in [-0.15, -0.1) is 0 Å². The van der Waals surface area contributed by atoms with E-state index < -0.39 is 0 Å². The summed E-state index contributed by atoms with van der Waals surface area (Å²) in [6.07, 6.45) is 0. The van der Waals surface area contributed by atoms with Gasteiger partial charge in [0.1, 0.15) is 6.07 Å². The average molecular weight is 225 g/mol. The first kappa shape index (κ1) is 11.8. The van der Waals surface area contributed by atoms with Crippen LogP contribution in [0.15, 0.2) is 12.1 Å². The Morgan fingerprint density at radius 1 is 1.60 bits per heavy atom. The molecule has 1 unspecified atom stereocenters. The maximum absolute atomic E-state index is 8.91. The second kappa shape index (κ2) is 5.01. The highest BCUT2D eigenvalue weighted by atomic mass is 35.5. The van der Waals surface area contributed by atoms with Crippen LogP contribution in [0.4, 0.5) is 5.69 Å². The van der Waals surface area contributed by atoms with Gasteiger partial charge >= 0.3 is 0 Å². The Morgan fingerprint density at radius 2 is 2.27 bits per heavy atom. The van der Waals surface area contributed by atoms with Crippen molar-refractivity contribution in [2.24, 2.45) is 0 Å². The van der Waals surface area contributed by atoms with Crippen LogP contribution in [0, 0.1) is 18.3 Å². The summed E-state index contributed by atoms with van der Waals surface area (Å²) in [4.78, 5) is 0. The summed E-state index contributed by atoms with van der Waals surface area (Å²) in [6, 6.07) is 5.45. The standard InChI is InChI=1S/C11H13ClN2O/c1-7(6-15)14-10-4-3-9(5-13)11(12)8(10)2/h3-4,7,14-15H,6H2,1-2H3. The van der Waals surface area contributed by atoms with E-state index in [2.05, 4.69) is 5.32 Å². The number of nitrogens with zero attached hydrogens (tertiary/aromatic N) is 1. The van der Waals surface area contributed by atoms with Gasteiger partial charge in [0.2, 0.25) is 0 Å². The quantitative estimate of drug-likeness (QED) is 0.829. The molecule has 0 saturated heterocycles. The SMILES string of the molecule is Cc1c(NC(C)CO)ccc(C#N)c1Cl. The van der Waals surface area contributed by atoms with E-state index in [-0.39, 0.29) is 12.6 Å². The highest BCUT2D eigenvalue weighted by Crippen LogP contribution is 2.27. The van der Waals surface area contributed by atoms with Gasteiger partial charge in [-0.25, -0.2) is 0 Å². The summed E-state index contributed by atoms with van der Waals surface area (Å²) < 4.78 is 0. The van der Waals surface area contributed by atoms with Crippen molar-refractivity contribution in [1.29, 1.82) is 5.26 Å². The van der Waals surface area contributed by atoms with Gasteiger partial charge in [0.15, 0.2) is 0 Å². The topological polar surface area (TPSA) is 56.0 Å². The van der Waals surface area contributed by atoms with Crippen molar-refractivity contribution >= 4 is 17.3 Å². The normalized spacial score (nSPS) is 11.9. The Kier molecular flexibility index (Phi) is 3.96. The van der Waals surface area contributed by atoms with Crippen molar-refractivity contribution in [1.82, 2.24) is 0 Å². The molecular formula is C11H13ClN2O. The summed E-state index contributed by atoms with van der Waals surface area (Å²) in [5.41, 5.74) is 2.15. The molecule has 0 saturated carbocycles. The lowest BCUT2D eigenvalue weighted by atomic mass is 10.1. The Hall–Kier alpha value is -1.24. The number of rotatable bonds is 3. The first-order chi connectivity index (χ1) is 7.10. The monoisotopic (exact) mass is 224 g/mol. The molecule has 2 N–H and O–H groups in total. The number of nitriles is 1. The fourth-order valence-corrected chi connectivity index (χ4v) is 1.45. The fraction of sp³-hybridized carbons (Fsp3) is 0.364. The number of hydrogen-bond donors (Lipinski definition) is 2. The molecule has 1 rings (SSSR count). The van der Waals surface area contributed by atoms with Crippen LogP contribution < -0.4 is 5.32 Å². The summed E-state index contributed by atoms with van der Waals surface area (Å²) in [7, 11) is 0. The third kappa shape index (κ3) is 2.62.